The quantitative estimate of drug-likeness (QED) is 0.0771. The van der Waals surface area contributed by atoms with Crippen molar-refractivity contribution in [2.75, 3.05) is 0 Å². The summed E-state index contributed by atoms with van der Waals surface area (Å²) in [4.78, 5) is 1.43. The maximum Gasteiger partial charge on any atom is 2.00 e. The zero-order chi connectivity index (χ0) is 37.0. The molecule has 4 heteroatoms. The molecule has 1 saturated carbocycles. The van der Waals surface area contributed by atoms with Crippen LogP contribution in [0, 0.1) is 12.5 Å². The van der Waals surface area contributed by atoms with Crippen molar-refractivity contribution in [3.05, 3.63) is 247 Å². The van der Waals surface area contributed by atoms with Gasteiger partial charge in [0.05, 0.1) is 0 Å². The molecule has 55 heavy (non-hydrogen) atoms. The fourth-order valence-electron chi connectivity index (χ4n) is 6.10. The Morgan fingerprint density at radius 3 is 0.964 bits per heavy atom. The molecule has 1 heterocycles. The van der Waals surface area contributed by atoms with Gasteiger partial charge in [0, 0.05) is 4.88 Å². The topological polar surface area (TPSA) is 0 Å². The molecular formula is C51H46P2RuS. The van der Waals surface area contributed by atoms with Crippen LogP contribution in [0.25, 0.3) is 0 Å². The van der Waals surface area contributed by atoms with Crippen molar-refractivity contribution in [3.63, 3.8) is 0 Å². The molecule has 0 spiro atoms. The van der Waals surface area contributed by atoms with Crippen molar-refractivity contribution in [2.45, 2.75) is 18.8 Å². The van der Waals surface area contributed by atoms with Crippen LogP contribution in [-0.2, 0) is 19.5 Å². The summed E-state index contributed by atoms with van der Waals surface area (Å²) in [7, 11) is -0.892. The zero-order valence-corrected chi connectivity index (χ0v) is 35.2. The average Bonchev–Trinajstić information content (AvgIpc) is 3.62. The molecule has 0 bridgehead atoms. The molecule has 1 aliphatic carbocycles. The number of benzene rings is 6. The summed E-state index contributed by atoms with van der Waals surface area (Å²) in [5, 5.41) is 10.5. The van der Waals surface area contributed by atoms with Crippen molar-refractivity contribution >= 4 is 59.0 Å². The van der Waals surface area contributed by atoms with Gasteiger partial charge in [-0.05, 0) is 83.8 Å². The van der Waals surface area contributed by atoms with Gasteiger partial charge < -0.3 is 6.58 Å². The first-order chi connectivity index (χ1) is 26.8. The van der Waals surface area contributed by atoms with Crippen molar-refractivity contribution in [1.82, 2.24) is 0 Å². The fraction of sp³-hybridized carbons (Fsp3) is 0.0784. The predicted octanol–water partition coefficient (Wildman–Crippen LogP) is 11.5. The molecule has 0 amide bonds. The van der Waals surface area contributed by atoms with Crippen LogP contribution in [-0.4, -0.2) is 0 Å². The van der Waals surface area contributed by atoms with Gasteiger partial charge in [-0.3, -0.25) is 6.08 Å². The Morgan fingerprint density at radius 2 is 0.764 bits per heavy atom. The van der Waals surface area contributed by atoms with E-state index in [0.29, 0.717) is 5.92 Å². The molecule has 0 nitrogen and oxygen atoms in total. The van der Waals surface area contributed by atoms with Crippen LogP contribution in [0.1, 0.15) is 23.6 Å². The first-order valence-corrected chi connectivity index (χ1v) is 22.0. The second-order valence-corrected chi connectivity index (χ2v) is 18.1. The Morgan fingerprint density at radius 1 is 0.455 bits per heavy atom. The Labute approximate surface area is 348 Å². The smallest absolute Gasteiger partial charge is 0.517 e. The third-order valence-corrected chi connectivity index (χ3v) is 14.7. The molecule has 8 aromatic rings. The van der Waals surface area contributed by atoms with E-state index < -0.39 is 15.8 Å². The van der Waals surface area contributed by atoms with Gasteiger partial charge in [-0.15, -0.1) is 11.3 Å². The van der Waals surface area contributed by atoms with Gasteiger partial charge in [0.1, 0.15) is 0 Å². The monoisotopic (exact) mass is 854 g/mol. The summed E-state index contributed by atoms with van der Waals surface area (Å²) in [5.41, 5.74) is 0. The standard InChI is InChI=1S/2C18H15P.C10H11S.C5H5.Ru/c2*1-4-10-16(11-5-1)19(17-12-6-2-7-13-17)18-14-8-3-9-15-18;1-2-9(8-5-6-8)10-4-3-7-11-10;1-2-4-5-3-1;/h2*1-15H;1-4,7-9H,5-6H2;1-5H;/q;;2*-1;+2. The summed E-state index contributed by atoms with van der Waals surface area (Å²) < 4.78 is 0. The number of hydrogen-bond acceptors (Lipinski definition) is 1. The molecule has 1 atom stereocenters. The van der Waals surface area contributed by atoms with E-state index in [2.05, 4.69) is 200 Å². The van der Waals surface area contributed by atoms with Crippen LogP contribution in [0.3, 0.4) is 0 Å². The molecule has 0 saturated heterocycles. The maximum absolute atomic E-state index is 5.59. The Bertz CT molecular complexity index is 1800. The van der Waals surface area contributed by atoms with Crippen LogP contribution < -0.4 is 31.8 Å². The van der Waals surface area contributed by atoms with Crippen LogP contribution in [0.4, 0.5) is 0 Å². The summed E-state index contributed by atoms with van der Waals surface area (Å²) in [5.74, 6) is 1.38. The van der Waals surface area contributed by atoms with Gasteiger partial charge >= 0.3 is 19.5 Å². The van der Waals surface area contributed by atoms with Gasteiger partial charge in [0.25, 0.3) is 0 Å². The molecule has 0 radical (unpaired) electrons. The molecule has 0 N–H and O–H groups in total. The number of hydrogen-bond donors (Lipinski definition) is 0. The normalized spacial score (nSPS) is 12.0. The van der Waals surface area contributed by atoms with E-state index in [4.69, 9.17) is 6.58 Å². The Balaban J connectivity index is 0.000000151. The first kappa shape index (κ1) is 41.8. The number of rotatable bonds is 9. The molecule has 1 unspecified atom stereocenters. The van der Waals surface area contributed by atoms with E-state index in [1.54, 1.807) is 0 Å². The van der Waals surface area contributed by atoms with Crippen molar-refractivity contribution in [2.24, 2.45) is 5.92 Å². The fourth-order valence-corrected chi connectivity index (χ4v) is 11.6. The summed E-state index contributed by atoms with van der Waals surface area (Å²) in [6.07, 6.45) is 4.57. The second-order valence-electron chi connectivity index (χ2n) is 12.7. The first-order valence-electron chi connectivity index (χ1n) is 18.5. The molecule has 1 fully saturated rings. The van der Waals surface area contributed by atoms with Crippen LogP contribution >= 0.6 is 27.2 Å². The van der Waals surface area contributed by atoms with Crippen LogP contribution in [0.15, 0.2) is 236 Å². The van der Waals surface area contributed by atoms with Gasteiger partial charge in [-0.1, -0.05) is 188 Å². The zero-order valence-electron chi connectivity index (χ0n) is 30.8. The van der Waals surface area contributed by atoms with E-state index in [1.807, 2.05) is 47.7 Å². The summed E-state index contributed by atoms with van der Waals surface area (Å²) in [6, 6.07) is 78.9. The largest absolute Gasteiger partial charge is 2.00 e. The van der Waals surface area contributed by atoms with Crippen molar-refractivity contribution in [1.29, 1.82) is 0 Å². The molecule has 0 aliphatic heterocycles. The van der Waals surface area contributed by atoms with Gasteiger partial charge in [-0.2, -0.15) is 18.2 Å². The molecule has 9 rings (SSSR count). The Kier molecular flexibility index (Phi) is 17.8. The minimum Gasteiger partial charge on any atom is -0.517 e. The third kappa shape index (κ3) is 13.1. The molecule has 7 aromatic carbocycles. The average molecular weight is 854 g/mol. The molecular weight excluding hydrogens is 808 g/mol. The minimum atomic E-state index is -0.446. The molecule has 1 aliphatic rings. The van der Waals surface area contributed by atoms with E-state index in [1.165, 1.54) is 49.5 Å². The maximum atomic E-state index is 5.59. The van der Waals surface area contributed by atoms with Gasteiger partial charge in [-0.25, -0.2) is 12.1 Å². The second kappa shape index (κ2) is 23.5. The van der Waals surface area contributed by atoms with E-state index >= 15 is 0 Å². The third-order valence-electron chi connectivity index (χ3n) is 8.85. The molecule has 274 valence electrons. The van der Waals surface area contributed by atoms with Crippen molar-refractivity contribution in [3.8, 4) is 0 Å². The van der Waals surface area contributed by atoms with Crippen molar-refractivity contribution < 1.29 is 19.5 Å². The number of thiophene rings is 1. The number of allylic oxidation sites excluding steroid dienone is 1. The minimum absolute atomic E-state index is 0. The summed E-state index contributed by atoms with van der Waals surface area (Å²) in [6.45, 7) is 5.59. The Hall–Kier alpha value is -4.41. The van der Waals surface area contributed by atoms with Gasteiger partial charge in [0.15, 0.2) is 0 Å². The van der Waals surface area contributed by atoms with Gasteiger partial charge in [0.2, 0.25) is 0 Å². The van der Waals surface area contributed by atoms with E-state index in [9.17, 15) is 0 Å². The van der Waals surface area contributed by atoms with Crippen LogP contribution in [0.5, 0.6) is 0 Å². The van der Waals surface area contributed by atoms with E-state index in [0.717, 1.165) is 5.92 Å². The van der Waals surface area contributed by atoms with Crippen LogP contribution in [0.2, 0.25) is 0 Å². The van der Waals surface area contributed by atoms with E-state index in [-0.39, 0.29) is 19.5 Å². The molecule has 1 aromatic heterocycles. The summed E-state index contributed by atoms with van der Waals surface area (Å²) >= 11 is 1.81. The SMILES string of the molecule is [CH-]=CC(c1cccs1)C1CC1.[Ru+2].c1cc[cH-]c1.c1ccc(P(c2ccccc2)c2ccccc2)cc1.c1ccc(P(c2ccccc2)c2ccccc2)cc1. The predicted molar refractivity (Wildman–Crippen MR) is 241 cm³/mol.